The summed E-state index contributed by atoms with van der Waals surface area (Å²) < 4.78 is 0. The first-order valence-electron chi connectivity index (χ1n) is 5.84. The Morgan fingerprint density at radius 2 is 1.94 bits per heavy atom. The zero-order chi connectivity index (χ0) is 13.5. The first-order chi connectivity index (χ1) is 8.56. The van der Waals surface area contributed by atoms with E-state index in [1.54, 1.807) is 37.3 Å². The van der Waals surface area contributed by atoms with E-state index < -0.39 is 12.0 Å². The molecule has 1 aromatic carbocycles. The highest BCUT2D eigenvalue weighted by molar-refractivity contribution is 5.85. The van der Waals surface area contributed by atoms with Crippen molar-refractivity contribution in [2.75, 3.05) is 6.54 Å². The number of aliphatic carboxylic acids is 1. The molecule has 2 atom stereocenters. The largest absolute Gasteiger partial charge is 0.479 e. The minimum Gasteiger partial charge on any atom is -0.479 e. The molecular weight excluding hydrogens is 232 g/mol. The molecule has 0 aliphatic carbocycles. The molecule has 4 N–H and O–H groups in total. The van der Waals surface area contributed by atoms with Crippen molar-refractivity contribution < 1.29 is 14.7 Å². The Kier molecular flexibility index (Phi) is 5.32. The van der Waals surface area contributed by atoms with Crippen LogP contribution in [0.2, 0.25) is 0 Å². The lowest BCUT2D eigenvalue weighted by atomic mass is 10.0. The summed E-state index contributed by atoms with van der Waals surface area (Å²) in [5.41, 5.74) is 5.93. The summed E-state index contributed by atoms with van der Waals surface area (Å²) in [7, 11) is 0. The van der Waals surface area contributed by atoms with E-state index >= 15 is 0 Å². The third kappa shape index (κ3) is 3.85. The highest BCUT2D eigenvalue weighted by atomic mass is 16.4. The zero-order valence-corrected chi connectivity index (χ0v) is 10.3. The summed E-state index contributed by atoms with van der Waals surface area (Å²) in [5, 5.41) is 11.7. The van der Waals surface area contributed by atoms with Gasteiger partial charge in [0, 0.05) is 5.92 Å². The number of benzene rings is 1. The second kappa shape index (κ2) is 6.76. The van der Waals surface area contributed by atoms with Gasteiger partial charge >= 0.3 is 5.97 Å². The maximum Gasteiger partial charge on any atom is 0.330 e. The third-order valence-corrected chi connectivity index (χ3v) is 2.71. The average Bonchev–Trinajstić information content (AvgIpc) is 2.36. The number of carbonyl (C=O) groups is 2. The van der Waals surface area contributed by atoms with Crippen LogP contribution in [0.1, 0.15) is 24.9 Å². The number of carbonyl (C=O) groups excluding carboxylic acids is 1. The molecule has 0 fully saturated rings. The first-order valence-corrected chi connectivity index (χ1v) is 5.84. The Balaban J connectivity index is 2.76. The Morgan fingerprint density at radius 3 is 2.44 bits per heavy atom. The fraction of sp³-hybridized carbons (Fsp3) is 0.385. The van der Waals surface area contributed by atoms with Crippen LogP contribution in [0.3, 0.4) is 0 Å². The molecule has 1 unspecified atom stereocenters. The molecule has 0 bridgehead atoms. The number of nitrogens with one attached hydrogen (secondary N) is 1. The molecule has 5 nitrogen and oxygen atoms in total. The summed E-state index contributed by atoms with van der Waals surface area (Å²) in [6.45, 7) is 2.13. The molecule has 1 rings (SSSR count). The molecule has 0 heterocycles. The summed E-state index contributed by atoms with van der Waals surface area (Å²) >= 11 is 0. The molecule has 0 saturated heterocycles. The van der Waals surface area contributed by atoms with Crippen LogP contribution in [0.25, 0.3) is 0 Å². The number of hydrogen-bond donors (Lipinski definition) is 3. The van der Waals surface area contributed by atoms with Gasteiger partial charge in [-0.15, -0.1) is 0 Å². The Bertz CT molecular complexity index is 406. The smallest absolute Gasteiger partial charge is 0.330 e. The van der Waals surface area contributed by atoms with Gasteiger partial charge < -0.3 is 16.2 Å². The Hall–Kier alpha value is -1.88. The molecule has 1 amide bonds. The van der Waals surface area contributed by atoms with Gasteiger partial charge in [-0.3, -0.25) is 4.79 Å². The van der Waals surface area contributed by atoms with Crippen LogP contribution in [0.15, 0.2) is 30.3 Å². The highest BCUT2D eigenvalue weighted by Gasteiger charge is 2.23. The van der Waals surface area contributed by atoms with E-state index in [1.807, 2.05) is 0 Å². The number of carboxylic acids is 1. The van der Waals surface area contributed by atoms with Gasteiger partial charge in [-0.05, 0) is 18.5 Å². The summed E-state index contributed by atoms with van der Waals surface area (Å²) in [4.78, 5) is 23.0. The fourth-order valence-corrected chi connectivity index (χ4v) is 1.60. The van der Waals surface area contributed by atoms with Crippen LogP contribution in [0.5, 0.6) is 0 Å². The second-order valence-electron chi connectivity index (χ2n) is 4.17. The van der Waals surface area contributed by atoms with E-state index in [0.717, 1.165) is 0 Å². The van der Waals surface area contributed by atoms with Gasteiger partial charge in [0.15, 0.2) is 6.04 Å². The van der Waals surface area contributed by atoms with Gasteiger partial charge in [0.05, 0.1) is 0 Å². The predicted octanol–water partition coefficient (Wildman–Crippen LogP) is 0.913. The monoisotopic (exact) mass is 250 g/mol. The second-order valence-corrected chi connectivity index (χ2v) is 4.17. The minimum absolute atomic E-state index is 0.291. The van der Waals surface area contributed by atoms with Crippen molar-refractivity contribution in [3.05, 3.63) is 35.9 Å². The fourth-order valence-electron chi connectivity index (χ4n) is 1.60. The molecular formula is C13H18N2O3. The number of rotatable bonds is 6. The minimum atomic E-state index is -1.07. The molecule has 98 valence electrons. The summed E-state index contributed by atoms with van der Waals surface area (Å²) in [6, 6.07) is 7.60. The van der Waals surface area contributed by atoms with Crippen LogP contribution >= 0.6 is 0 Å². The quantitative estimate of drug-likeness (QED) is 0.699. The lowest BCUT2D eigenvalue weighted by Gasteiger charge is -2.17. The lowest BCUT2D eigenvalue weighted by Crippen LogP contribution is -2.37. The molecule has 0 saturated carbocycles. The van der Waals surface area contributed by atoms with Crippen molar-refractivity contribution in [2.24, 2.45) is 11.7 Å². The molecule has 0 aliphatic heterocycles. The van der Waals surface area contributed by atoms with Gasteiger partial charge in [-0.1, -0.05) is 37.3 Å². The van der Waals surface area contributed by atoms with Crippen LogP contribution in [-0.2, 0) is 9.59 Å². The van der Waals surface area contributed by atoms with Crippen molar-refractivity contribution in [3.63, 3.8) is 0 Å². The molecule has 5 heteroatoms. The normalized spacial score (nSPS) is 13.7. The van der Waals surface area contributed by atoms with Crippen LogP contribution in [0, 0.1) is 5.92 Å². The van der Waals surface area contributed by atoms with Gasteiger partial charge in [-0.25, -0.2) is 4.79 Å². The van der Waals surface area contributed by atoms with E-state index in [-0.39, 0.29) is 11.8 Å². The van der Waals surface area contributed by atoms with Crippen LogP contribution in [0.4, 0.5) is 0 Å². The van der Waals surface area contributed by atoms with Crippen molar-refractivity contribution >= 4 is 11.9 Å². The molecule has 0 radical (unpaired) electrons. The molecule has 18 heavy (non-hydrogen) atoms. The predicted molar refractivity (Wildman–Crippen MR) is 67.8 cm³/mol. The van der Waals surface area contributed by atoms with Crippen molar-refractivity contribution in [1.29, 1.82) is 0 Å². The van der Waals surface area contributed by atoms with E-state index in [0.29, 0.717) is 18.5 Å². The lowest BCUT2D eigenvalue weighted by molar-refractivity contribution is -0.142. The van der Waals surface area contributed by atoms with Crippen LogP contribution < -0.4 is 11.1 Å². The Morgan fingerprint density at radius 1 is 1.33 bits per heavy atom. The molecule has 1 aromatic rings. The SMILES string of the molecule is CC(CCN)C(=O)N[C@H](C(=O)O)c1ccccc1. The number of nitrogens with two attached hydrogens (primary N) is 1. The molecule has 0 aromatic heterocycles. The van der Waals surface area contributed by atoms with Crippen LogP contribution in [-0.4, -0.2) is 23.5 Å². The number of hydrogen-bond acceptors (Lipinski definition) is 3. The maximum absolute atomic E-state index is 11.8. The van der Waals surface area contributed by atoms with E-state index in [9.17, 15) is 9.59 Å². The van der Waals surface area contributed by atoms with E-state index in [4.69, 9.17) is 10.8 Å². The maximum atomic E-state index is 11.8. The third-order valence-electron chi connectivity index (χ3n) is 2.71. The highest BCUT2D eigenvalue weighted by Crippen LogP contribution is 2.14. The summed E-state index contributed by atoms with van der Waals surface area (Å²) in [6.07, 6.45) is 0.535. The van der Waals surface area contributed by atoms with E-state index in [2.05, 4.69) is 5.32 Å². The average molecular weight is 250 g/mol. The Labute approximate surface area is 106 Å². The first kappa shape index (κ1) is 14.2. The van der Waals surface area contributed by atoms with Crippen molar-refractivity contribution in [3.8, 4) is 0 Å². The number of amides is 1. The van der Waals surface area contributed by atoms with E-state index in [1.165, 1.54) is 0 Å². The molecule has 0 spiro atoms. The standard InChI is InChI=1S/C13H18N2O3/c1-9(7-8-14)12(16)15-11(13(17)18)10-5-3-2-4-6-10/h2-6,9,11H,7-8,14H2,1H3,(H,15,16)(H,17,18)/t9?,11-/m0/s1. The van der Waals surface area contributed by atoms with Crippen molar-refractivity contribution in [1.82, 2.24) is 5.32 Å². The van der Waals surface area contributed by atoms with Crippen molar-refractivity contribution in [2.45, 2.75) is 19.4 Å². The number of carboxylic acid groups (broad SMARTS) is 1. The zero-order valence-electron chi connectivity index (χ0n) is 10.3. The summed E-state index contributed by atoms with van der Waals surface area (Å²) in [5.74, 6) is -1.66. The molecule has 0 aliphatic rings. The topological polar surface area (TPSA) is 92.4 Å². The van der Waals surface area contributed by atoms with Gasteiger partial charge in [-0.2, -0.15) is 0 Å². The van der Waals surface area contributed by atoms with Gasteiger partial charge in [0.2, 0.25) is 5.91 Å². The van der Waals surface area contributed by atoms with Gasteiger partial charge in [0.25, 0.3) is 0 Å². The van der Waals surface area contributed by atoms with Gasteiger partial charge in [0.1, 0.15) is 0 Å².